The number of fused-ring (bicyclic) bond motifs is 1. The van der Waals surface area contributed by atoms with Gasteiger partial charge < -0.3 is 4.90 Å². The molecule has 0 radical (unpaired) electrons. The Morgan fingerprint density at radius 2 is 1.24 bits per heavy atom. The zero-order valence-electron chi connectivity index (χ0n) is 18.3. The molecule has 3 aromatic rings. The van der Waals surface area contributed by atoms with Gasteiger partial charge in [0.05, 0.1) is 17.7 Å². The molecule has 2 aliphatic rings. The van der Waals surface area contributed by atoms with Gasteiger partial charge in [-0.2, -0.15) is 0 Å². The van der Waals surface area contributed by atoms with E-state index in [1.807, 2.05) is 53.4 Å². The quantitative estimate of drug-likeness (QED) is 0.572. The normalized spacial score (nSPS) is 16.2. The Balaban J connectivity index is 1.25. The number of carbonyl (C=O) groups is 3. The summed E-state index contributed by atoms with van der Waals surface area (Å²) >= 11 is 0. The highest BCUT2D eigenvalue weighted by molar-refractivity contribution is 6.22. The number of amides is 3. The maximum Gasteiger partial charge on any atom is 0.261 e. The molecule has 1 saturated heterocycles. The van der Waals surface area contributed by atoms with Crippen molar-refractivity contribution >= 4 is 17.7 Å². The van der Waals surface area contributed by atoms with E-state index in [9.17, 15) is 14.4 Å². The maximum absolute atomic E-state index is 13.1. The first kappa shape index (κ1) is 21.1. The number of rotatable bonds is 5. The summed E-state index contributed by atoms with van der Waals surface area (Å²) < 4.78 is 0. The summed E-state index contributed by atoms with van der Waals surface area (Å²) in [6.07, 6.45) is 0. The van der Waals surface area contributed by atoms with Crippen molar-refractivity contribution in [3.63, 3.8) is 0 Å². The SMILES string of the molecule is O=C(c1ccc2c(c1)C(=O)N(Cc1ccccc1)C2=O)N1CCN(Cc2ccccc2)CC1. The van der Waals surface area contributed by atoms with E-state index in [4.69, 9.17) is 0 Å². The van der Waals surface area contributed by atoms with Crippen LogP contribution in [0.4, 0.5) is 0 Å². The first-order valence-electron chi connectivity index (χ1n) is 11.2. The Labute approximate surface area is 193 Å². The van der Waals surface area contributed by atoms with Gasteiger partial charge in [-0.15, -0.1) is 0 Å². The molecule has 3 aromatic carbocycles. The predicted molar refractivity (Wildman–Crippen MR) is 125 cm³/mol. The Bertz CT molecular complexity index is 1190. The highest BCUT2D eigenvalue weighted by Gasteiger charge is 2.36. The minimum absolute atomic E-state index is 0.0982. The van der Waals surface area contributed by atoms with Gasteiger partial charge in [0.1, 0.15) is 0 Å². The maximum atomic E-state index is 13.1. The van der Waals surface area contributed by atoms with Crippen molar-refractivity contribution in [2.75, 3.05) is 26.2 Å². The van der Waals surface area contributed by atoms with Crippen LogP contribution in [0.15, 0.2) is 78.9 Å². The lowest BCUT2D eigenvalue weighted by Crippen LogP contribution is -2.48. The average Bonchev–Trinajstić information content (AvgIpc) is 3.09. The summed E-state index contributed by atoms with van der Waals surface area (Å²) in [7, 11) is 0. The van der Waals surface area contributed by atoms with Crippen molar-refractivity contribution in [2.45, 2.75) is 13.1 Å². The van der Waals surface area contributed by atoms with Crippen LogP contribution >= 0.6 is 0 Å². The van der Waals surface area contributed by atoms with E-state index in [2.05, 4.69) is 17.0 Å². The van der Waals surface area contributed by atoms with Crippen LogP contribution < -0.4 is 0 Å². The van der Waals surface area contributed by atoms with E-state index in [-0.39, 0.29) is 24.3 Å². The number of hydrogen-bond acceptors (Lipinski definition) is 4. The number of piperazine rings is 1. The van der Waals surface area contributed by atoms with Crippen LogP contribution in [0.1, 0.15) is 42.2 Å². The van der Waals surface area contributed by atoms with Crippen molar-refractivity contribution in [3.8, 4) is 0 Å². The van der Waals surface area contributed by atoms with E-state index in [1.54, 1.807) is 18.2 Å². The van der Waals surface area contributed by atoms with Gasteiger partial charge in [-0.1, -0.05) is 60.7 Å². The summed E-state index contributed by atoms with van der Waals surface area (Å²) in [4.78, 5) is 44.3. The fourth-order valence-corrected chi connectivity index (χ4v) is 4.47. The number of imide groups is 1. The number of carbonyl (C=O) groups excluding carboxylic acids is 3. The third-order valence-electron chi connectivity index (χ3n) is 6.31. The highest BCUT2D eigenvalue weighted by atomic mass is 16.2. The van der Waals surface area contributed by atoms with Crippen LogP contribution in [0.2, 0.25) is 0 Å². The number of hydrogen-bond donors (Lipinski definition) is 0. The van der Waals surface area contributed by atoms with Gasteiger partial charge in [-0.25, -0.2) is 0 Å². The highest BCUT2D eigenvalue weighted by Crippen LogP contribution is 2.26. The van der Waals surface area contributed by atoms with E-state index >= 15 is 0 Å². The minimum atomic E-state index is -0.346. The molecule has 2 aliphatic heterocycles. The molecule has 33 heavy (non-hydrogen) atoms. The number of benzene rings is 3. The molecule has 0 spiro atoms. The summed E-state index contributed by atoms with van der Waals surface area (Å²) in [5.74, 6) is -0.757. The van der Waals surface area contributed by atoms with Crippen molar-refractivity contribution in [1.82, 2.24) is 14.7 Å². The lowest BCUT2D eigenvalue weighted by atomic mass is 10.0. The minimum Gasteiger partial charge on any atom is -0.336 e. The van der Waals surface area contributed by atoms with E-state index in [1.165, 1.54) is 10.5 Å². The van der Waals surface area contributed by atoms with Gasteiger partial charge >= 0.3 is 0 Å². The second-order valence-corrected chi connectivity index (χ2v) is 8.50. The molecular weight excluding hydrogens is 414 g/mol. The monoisotopic (exact) mass is 439 g/mol. The molecule has 0 unspecified atom stereocenters. The second kappa shape index (κ2) is 9.00. The first-order valence-corrected chi connectivity index (χ1v) is 11.2. The topological polar surface area (TPSA) is 60.9 Å². The molecule has 6 nitrogen and oxygen atoms in total. The Kier molecular flexibility index (Phi) is 5.75. The van der Waals surface area contributed by atoms with Crippen LogP contribution in [0.25, 0.3) is 0 Å². The van der Waals surface area contributed by atoms with Gasteiger partial charge in [0.15, 0.2) is 0 Å². The molecule has 0 atom stereocenters. The predicted octanol–water partition coefficient (Wildman–Crippen LogP) is 3.44. The molecule has 2 heterocycles. The molecular formula is C27H25N3O3. The van der Waals surface area contributed by atoms with Crippen molar-refractivity contribution < 1.29 is 14.4 Å². The molecule has 0 N–H and O–H groups in total. The fourth-order valence-electron chi connectivity index (χ4n) is 4.47. The van der Waals surface area contributed by atoms with Crippen LogP contribution in [-0.2, 0) is 13.1 Å². The van der Waals surface area contributed by atoms with Gasteiger partial charge in [0, 0.05) is 38.3 Å². The van der Waals surface area contributed by atoms with Crippen LogP contribution in [0, 0.1) is 0 Å². The lowest BCUT2D eigenvalue weighted by Gasteiger charge is -2.34. The second-order valence-electron chi connectivity index (χ2n) is 8.50. The third kappa shape index (κ3) is 4.30. The lowest BCUT2D eigenvalue weighted by molar-refractivity contribution is 0.0625. The molecule has 3 amide bonds. The van der Waals surface area contributed by atoms with Gasteiger partial charge in [0.25, 0.3) is 17.7 Å². The smallest absolute Gasteiger partial charge is 0.261 e. The summed E-state index contributed by atoms with van der Waals surface area (Å²) in [5, 5.41) is 0. The van der Waals surface area contributed by atoms with Gasteiger partial charge in [-0.05, 0) is 29.3 Å². The Morgan fingerprint density at radius 1 is 0.667 bits per heavy atom. The van der Waals surface area contributed by atoms with Crippen molar-refractivity contribution in [2.24, 2.45) is 0 Å². The molecule has 0 aromatic heterocycles. The van der Waals surface area contributed by atoms with Gasteiger partial charge in [-0.3, -0.25) is 24.2 Å². The third-order valence-corrected chi connectivity index (χ3v) is 6.31. The van der Waals surface area contributed by atoms with E-state index in [0.717, 1.165) is 25.2 Å². The largest absolute Gasteiger partial charge is 0.336 e. The van der Waals surface area contributed by atoms with Crippen LogP contribution in [0.5, 0.6) is 0 Å². The van der Waals surface area contributed by atoms with E-state index in [0.29, 0.717) is 29.8 Å². The van der Waals surface area contributed by atoms with Crippen LogP contribution in [0.3, 0.4) is 0 Å². The summed E-state index contributed by atoms with van der Waals surface area (Å²) in [5.41, 5.74) is 3.27. The zero-order valence-corrected chi connectivity index (χ0v) is 18.3. The van der Waals surface area contributed by atoms with Gasteiger partial charge in [0.2, 0.25) is 0 Å². The summed E-state index contributed by atoms with van der Waals surface area (Å²) in [6.45, 7) is 3.96. The zero-order chi connectivity index (χ0) is 22.8. The molecule has 0 aliphatic carbocycles. The molecule has 1 fully saturated rings. The van der Waals surface area contributed by atoms with Crippen molar-refractivity contribution in [1.29, 1.82) is 0 Å². The molecule has 166 valence electrons. The van der Waals surface area contributed by atoms with E-state index < -0.39 is 0 Å². The molecule has 5 rings (SSSR count). The molecule has 0 bridgehead atoms. The molecule has 0 saturated carbocycles. The standard InChI is InChI=1S/C27H25N3O3/c31-25(29-15-13-28(14-16-29)18-20-7-3-1-4-8-20)22-11-12-23-24(17-22)27(33)30(26(23)32)19-21-9-5-2-6-10-21/h1-12,17H,13-16,18-19H2. The fraction of sp³-hybridized carbons (Fsp3) is 0.222. The summed E-state index contributed by atoms with van der Waals surface area (Å²) in [6, 6.07) is 24.6. The Hall–Kier alpha value is -3.77. The first-order chi connectivity index (χ1) is 16.1. The average molecular weight is 440 g/mol. The Morgan fingerprint density at radius 3 is 1.88 bits per heavy atom. The van der Waals surface area contributed by atoms with Crippen molar-refractivity contribution in [3.05, 3.63) is 107 Å². The van der Waals surface area contributed by atoms with Crippen LogP contribution in [-0.4, -0.2) is 58.6 Å². The number of nitrogens with zero attached hydrogens (tertiary/aromatic N) is 3. The molecule has 6 heteroatoms.